The number of aliphatic hydroxyl groups is 1. The standard InChI is InChI=1S/C29H30N4O2/c1-21-3-9-25(10-4-21)29-19-32(18-24-7-5-23(16-30)6-8-24)13-14-33(29)28-12-11-27(15-26(28)17-31)35-20-22(2)34/h3-12,15,22,29,34H,13-14,18-20H2,1-2H3/t22-,29-/m0/s1. The van der Waals surface area contributed by atoms with Crippen LogP contribution in [0.5, 0.6) is 5.75 Å². The fourth-order valence-corrected chi connectivity index (χ4v) is 4.45. The molecule has 3 aromatic rings. The molecule has 6 nitrogen and oxygen atoms in total. The normalized spacial score (nSPS) is 16.8. The van der Waals surface area contributed by atoms with E-state index in [0.29, 0.717) is 16.9 Å². The van der Waals surface area contributed by atoms with Gasteiger partial charge in [-0.05, 0) is 55.3 Å². The minimum Gasteiger partial charge on any atom is -0.491 e. The summed E-state index contributed by atoms with van der Waals surface area (Å²) in [6.45, 7) is 7.19. The highest BCUT2D eigenvalue weighted by Crippen LogP contribution is 2.35. The van der Waals surface area contributed by atoms with Gasteiger partial charge in [0.1, 0.15) is 18.4 Å². The summed E-state index contributed by atoms with van der Waals surface area (Å²) in [6, 6.07) is 26.5. The van der Waals surface area contributed by atoms with Crippen molar-refractivity contribution in [3.05, 3.63) is 94.5 Å². The molecule has 4 rings (SSSR count). The van der Waals surface area contributed by atoms with Gasteiger partial charge in [0.15, 0.2) is 0 Å². The zero-order valence-corrected chi connectivity index (χ0v) is 20.2. The van der Waals surface area contributed by atoms with E-state index in [-0.39, 0.29) is 12.6 Å². The van der Waals surface area contributed by atoms with Crippen LogP contribution in [0, 0.1) is 29.6 Å². The van der Waals surface area contributed by atoms with Crippen LogP contribution in [0.1, 0.15) is 40.8 Å². The van der Waals surface area contributed by atoms with E-state index in [2.05, 4.69) is 53.1 Å². The van der Waals surface area contributed by atoms with Crippen LogP contribution in [0.3, 0.4) is 0 Å². The van der Waals surface area contributed by atoms with Crippen molar-refractivity contribution in [2.75, 3.05) is 31.1 Å². The molecule has 0 aliphatic carbocycles. The Bertz CT molecular complexity index is 1220. The second-order valence-electron chi connectivity index (χ2n) is 9.11. The fourth-order valence-electron chi connectivity index (χ4n) is 4.45. The van der Waals surface area contributed by atoms with Crippen molar-refractivity contribution in [3.8, 4) is 17.9 Å². The van der Waals surface area contributed by atoms with Crippen LogP contribution in [-0.2, 0) is 6.54 Å². The van der Waals surface area contributed by atoms with E-state index in [1.54, 1.807) is 13.0 Å². The number of nitrogens with zero attached hydrogens (tertiary/aromatic N) is 4. The van der Waals surface area contributed by atoms with Crippen LogP contribution in [-0.4, -0.2) is 42.4 Å². The second kappa shape index (κ2) is 11.1. The molecule has 178 valence electrons. The van der Waals surface area contributed by atoms with Gasteiger partial charge < -0.3 is 14.7 Å². The number of hydrogen-bond acceptors (Lipinski definition) is 6. The SMILES string of the molecule is Cc1ccc([C@@H]2CN(Cc3ccc(C#N)cc3)CCN2c2ccc(OC[C@H](C)O)cc2C#N)cc1. The number of anilines is 1. The molecule has 0 bridgehead atoms. The number of piperazine rings is 1. The zero-order chi connectivity index (χ0) is 24.8. The summed E-state index contributed by atoms with van der Waals surface area (Å²) in [5, 5.41) is 28.5. The van der Waals surface area contributed by atoms with Crippen molar-refractivity contribution in [1.29, 1.82) is 10.5 Å². The number of aliphatic hydroxyl groups excluding tert-OH is 1. The highest BCUT2D eigenvalue weighted by molar-refractivity contribution is 5.63. The molecule has 0 aromatic heterocycles. The molecule has 0 unspecified atom stereocenters. The summed E-state index contributed by atoms with van der Waals surface area (Å²) in [7, 11) is 0. The molecule has 0 spiro atoms. The summed E-state index contributed by atoms with van der Waals surface area (Å²) in [5.41, 5.74) is 5.71. The fraction of sp³-hybridized carbons (Fsp3) is 0.310. The Morgan fingerprint density at radius 3 is 2.40 bits per heavy atom. The van der Waals surface area contributed by atoms with E-state index in [4.69, 9.17) is 10.00 Å². The van der Waals surface area contributed by atoms with Crippen LogP contribution < -0.4 is 9.64 Å². The predicted molar refractivity (Wildman–Crippen MR) is 136 cm³/mol. The minimum atomic E-state index is -0.574. The molecule has 1 aliphatic rings. The summed E-state index contributed by atoms with van der Waals surface area (Å²) < 4.78 is 5.63. The molecule has 6 heteroatoms. The van der Waals surface area contributed by atoms with E-state index in [1.165, 1.54) is 16.7 Å². The van der Waals surface area contributed by atoms with E-state index in [1.807, 2.05) is 36.4 Å². The van der Waals surface area contributed by atoms with Gasteiger partial charge in [-0.1, -0.05) is 42.0 Å². The first-order valence-corrected chi connectivity index (χ1v) is 11.9. The molecule has 0 amide bonds. The maximum atomic E-state index is 9.92. The van der Waals surface area contributed by atoms with Crippen molar-refractivity contribution < 1.29 is 9.84 Å². The minimum absolute atomic E-state index is 0.0825. The van der Waals surface area contributed by atoms with Gasteiger partial charge in [0.2, 0.25) is 0 Å². The van der Waals surface area contributed by atoms with Crippen LogP contribution in [0.4, 0.5) is 5.69 Å². The molecular formula is C29H30N4O2. The van der Waals surface area contributed by atoms with Gasteiger partial charge in [0.25, 0.3) is 0 Å². The lowest BCUT2D eigenvalue weighted by Crippen LogP contribution is -2.48. The topological polar surface area (TPSA) is 83.5 Å². The van der Waals surface area contributed by atoms with E-state index < -0.39 is 6.10 Å². The highest BCUT2D eigenvalue weighted by atomic mass is 16.5. The van der Waals surface area contributed by atoms with Crippen molar-refractivity contribution in [2.45, 2.75) is 32.5 Å². The molecule has 1 heterocycles. The number of benzene rings is 3. The van der Waals surface area contributed by atoms with Crippen LogP contribution in [0.25, 0.3) is 0 Å². The second-order valence-corrected chi connectivity index (χ2v) is 9.11. The maximum absolute atomic E-state index is 9.92. The van der Waals surface area contributed by atoms with Gasteiger partial charge >= 0.3 is 0 Å². The molecule has 35 heavy (non-hydrogen) atoms. The number of nitriles is 2. The lowest BCUT2D eigenvalue weighted by molar-refractivity contribution is 0.122. The monoisotopic (exact) mass is 466 g/mol. The van der Waals surface area contributed by atoms with Crippen LogP contribution >= 0.6 is 0 Å². The van der Waals surface area contributed by atoms with Gasteiger partial charge in [0.05, 0.1) is 35.0 Å². The summed E-state index contributed by atoms with van der Waals surface area (Å²) in [5.74, 6) is 0.581. The molecule has 0 radical (unpaired) electrons. The Morgan fingerprint density at radius 2 is 1.74 bits per heavy atom. The van der Waals surface area contributed by atoms with Gasteiger partial charge in [-0.2, -0.15) is 10.5 Å². The molecule has 1 saturated heterocycles. The van der Waals surface area contributed by atoms with E-state index in [9.17, 15) is 10.4 Å². The van der Waals surface area contributed by atoms with Gasteiger partial charge in [0, 0.05) is 26.2 Å². The first-order valence-electron chi connectivity index (χ1n) is 11.9. The lowest BCUT2D eigenvalue weighted by Gasteiger charge is -2.43. The average Bonchev–Trinajstić information content (AvgIpc) is 2.88. The van der Waals surface area contributed by atoms with Crippen molar-refractivity contribution in [2.24, 2.45) is 0 Å². The Balaban J connectivity index is 1.60. The predicted octanol–water partition coefficient (Wildman–Crippen LogP) is 4.56. The third-order valence-corrected chi connectivity index (χ3v) is 6.30. The molecule has 3 aromatic carbocycles. The zero-order valence-electron chi connectivity index (χ0n) is 20.2. The Hall–Kier alpha value is -3.84. The molecule has 1 fully saturated rings. The molecule has 1 aliphatic heterocycles. The Kier molecular flexibility index (Phi) is 7.67. The molecular weight excluding hydrogens is 436 g/mol. The maximum Gasteiger partial charge on any atom is 0.120 e. The summed E-state index contributed by atoms with van der Waals surface area (Å²) in [4.78, 5) is 4.74. The number of aryl methyl sites for hydroxylation is 1. The number of ether oxygens (including phenoxy) is 1. The summed E-state index contributed by atoms with van der Waals surface area (Å²) in [6.07, 6.45) is -0.574. The first-order chi connectivity index (χ1) is 17.0. The van der Waals surface area contributed by atoms with Crippen molar-refractivity contribution in [3.63, 3.8) is 0 Å². The lowest BCUT2D eigenvalue weighted by atomic mass is 9.98. The van der Waals surface area contributed by atoms with Gasteiger partial charge in [-0.25, -0.2) is 0 Å². The average molecular weight is 467 g/mol. The Morgan fingerprint density at radius 1 is 1.00 bits per heavy atom. The van der Waals surface area contributed by atoms with Crippen LogP contribution in [0.15, 0.2) is 66.7 Å². The number of rotatable bonds is 7. The van der Waals surface area contributed by atoms with Gasteiger partial charge in [-0.3, -0.25) is 4.90 Å². The van der Waals surface area contributed by atoms with E-state index >= 15 is 0 Å². The third kappa shape index (κ3) is 6.00. The van der Waals surface area contributed by atoms with Crippen molar-refractivity contribution in [1.82, 2.24) is 4.90 Å². The molecule has 1 N–H and O–H groups in total. The summed E-state index contributed by atoms with van der Waals surface area (Å²) >= 11 is 0. The van der Waals surface area contributed by atoms with E-state index in [0.717, 1.165) is 31.9 Å². The largest absolute Gasteiger partial charge is 0.491 e. The van der Waals surface area contributed by atoms with Crippen LogP contribution in [0.2, 0.25) is 0 Å². The first kappa shape index (κ1) is 24.3. The quantitative estimate of drug-likeness (QED) is 0.550. The van der Waals surface area contributed by atoms with Gasteiger partial charge in [-0.15, -0.1) is 0 Å². The molecule has 0 saturated carbocycles. The smallest absolute Gasteiger partial charge is 0.120 e. The number of hydrogen-bond donors (Lipinski definition) is 1. The highest BCUT2D eigenvalue weighted by Gasteiger charge is 2.30. The third-order valence-electron chi connectivity index (χ3n) is 6.30. The molecule has 2 atom stereocenters. The Labute approximate surface area is 207 Å². The van der Waals surface area contributed by atoms with Crippen molar-refractivity contribution >= 4 is 5.69 Å².